The molecule has 5 amide bonds. The van der Waals surface area contributed by atoms with Crippen molar-refractivity contribution in [2.45, 2.75) is 107 Å². The Hall–Kier alpha value is -4.15. The molecule has 3 aliphatic rings. The predicted octanol–water partition coefficient (Wildman–Crippen LogP) is 0.714. The summed E-state index contributed by atoms with van der Waals surface area (Å²) in [6.45, 7) is 3.23. The van der Waals surface area contributed by atoms with E-state index in [1.807, 2.05) is 17.2 Å². The number of nitrogens with zero attached hydrogens (tertiary/aromatic N) is 5. The van der Waals surface area contributed by atoms with E-state index in [0.29, 0.717) is 60.6 Å². The number of unbranched alkanes of at least 4 members (excludes halogenated alkanes) is 1. The van der Waals surface area contributed by atoms with E-state index in [2.05, 4.69) is 16.0 Å². The molecule has 0 aromatic heterocycles. The summed E-state index contributed by atoms with van der Waals surface area (Å²) in [5.74, 6) is -5.68. The van der Waals surface area contributed by atoms with Crippen LogP contribution in [0.15, 0.2) is 18.2 Å². The third-order valence-corrected chi connectivity index (χ3v) is 15.0. The number of hydrogen-bond donors (Lipinski definition) is 8. The van der Waals surface area contributed by atoms with Crippen molar-refractivity contribution in [2.24, 2.45) is 0 Å². The Kier molecular flexibility index (Phi) is 29.4. The maximum atomic E-state index is 14.0. The molecular formula is C49H73GdN9O14S2. The molecule has 3 aliphatic heterocycles. The molecule has 3 heterocycles. The Morgan fingerprint density at radius 3 is 2.12 bits per heavy atom. The largest absolute Gasteiger partial charge is 0.481 e. The first-order valence-electron chi connectivity index (χ1n) is 25.0. The minimum Gasteiger partial charge on any atom is -0.481 e. The maximum absolute atomic E-state index is 14.0. The molecule has 0 bridgehead atoms. The quantitative estimate of drug-likeness (QED) is 0.0311. The molecule has 23 nitrogen and oxygen atoms in total. The van der Waals surface area contributed by atoms with E-state index in [0.717, 1.165) is 12.0 Å². The van der Waals surface area contributed by atoms with E-state index in [1.165, 1.54) is 28.4 Å². The van der Waals surface area contributed by atoms with Crippen LogP contribution in [0.1, 0.15) is 92.6 Å². The summed E-state index contributed by atoms with van der Waals surface area (Å²) in [6.07, 6.45) is 3.71. The topological polar surface area (TPSA) is 328 Å². The van der Waals surface area contributed by atoms with Crippen LogP contribution in [0.2, 0.25) is 0 Å². The minimum absolute atomic E-state index is 0. The third kappa shape index (κ3) is 23.2. The number of Topliss-reactive ketones (excluding diaryl/α,β-unsaturated/α-hetero) is 1. The van der Waals surface area contributed by atoms with E-state index in [4.69, 9.17) is 5.41 Å². The number of carboxylic acids is 4. The molecule has 4 rings (SSSR count). The van der Waals surface area contributed by atoms with Gasteiger partial charge in [-0.05, 0) is 86.8 Å². The van der Waals surface area contributed by atoms with Gasteiger partial charge in [0.1, 0.15) is 6.04 Å². The molecule has 2 unspecified atom stereocenters. The van der Waals surface area contributed by atoms with Gasteiger partial charge in [-0.15, -0.1) is 11.8 Å². The number of ketones is 1. The number of fused-ring (bicyclic) bond motifs is 1. The van der Waals surface area contributed by atoms with E-state index >= 15 is 0 Å². The molecule has 26 heteroatoms. The van der Waals surface area contributed by atoms with Gasteiger partial charge in [-0.2, -0.15) is 11.8 Å². The normalized spacial score (nSPS) is 18.9. The molecule has 0 radical (unpaired) electrons. The molecule has 0 aliphatic carbocycles. The van der Waals surface area contributed by atoms with Crippen LogP contribution >= 0.6 is 23.5 Å². The smallest absolute Gasteiger partial charge is 0.326 e. The average Bonchev–Trinajstić information content (AvgIpc) is 3.60. The Morgan fingerprint density at radius 2 is 1.47 bits per heavy atom. The summed E-state index contributed by atoms with van der Waals surface area (Å²) in [5, 5.41) is 54.1. The fraction of sp³-hybridized carbons (Fsp3) is 0.653. The van der Waals surface area contributed by atoms with Crippen LogP contribution in [0.4, 0.5) is 0 Å². The zero-order chi connectivity index (χ0) is 54.3. The number of carboxylic acid groups (broad SMARTS) is 4. The van der Waals surface area contributed by atoms with Crippen LogP contribution in [0, 0.1) is 45.3 Å². The number of aliphatic carboxylic acids is 4. The minimum atomic E-state index is -1.27. The monoisotopic (exact) mass is 1230 g/mol. The molecule has 4 atom stereocenters. The number of amides is 5. The van der Waals surface area contributed by atoms with Crippen molar-refractivity contribution < 1.29 is 108 Å². The van der Waals surface area contributed by atoms with Gasteiger partial charge < -0.3 is 46.7 Å². The van der Waals surface area contributed by atoms with Gasteiger partial charge in [0, 0.05) is 142 Å². The first kappa shape index (κ1) is 65.1. The zero-order valence-electron chi connectivity index (χ0n) is 42.7. The van der Waals surface area contributed by atoms with Gasteiger partial charge in [0.25, 0.3) is 5.91 Å². The van der Waals surface area contributed by atoms with Crippen molar-refractivity contribution in [1.82, 2.24) is 40.4 Å². The van der Waals surface area contributed by atoms with Gasteiger partial charge in [0.2, 0.25) is 23.6 Å². The van der Waals surface area contributed by atoms with Crippen molar-refractivity contribution in [2.75, 3.05) is 96.3 Å². The first-order chi connectivity index (χ1) is 35.2. The number of benzene rings is 1. The number of carbonyl (C=O) groups is 10. The van der Waals surface area contributed by atoms with Gasteiger partial charge in [0.15, 0.2) is 5.78 Å². The number of hydrogen-bond acceptors (Lipinski definition) is 17. The fourth-order valence-corrected chi connectivity index (χ4v) is 10.7. The number of nitrogens with one attached hydrogen (secondary N) is 4. The standard InChI is InChI=1S/C49H73N9O14S2.Gd/c1-32(50)7-6-23-74-40-26-42(61)58(48(40)70)16-4-3-10-38(49(71)72)52-41(60)12-11-39(59)37(14-24-73-2)53-47(69)36-9-5-8-33-27-57(17-13-35(33)36)43(62)29-55-20-19-54(30-45(65)66)18-15-51-34(25-44(63)64)28-56(22-21-55)31-46(67)68;/h5,8-9,34,37-38,40,50-51H,3-4,6-7,10-31H2,1-2H3,(H,52,60)(H,53,69)(H,63,64)(H,65,66)(H,67,68)(H,71,72);/t34?,37-,38-,40?;/m0./s1. The molecule has 2 saturated heterocycles. The number of likely N-dealkylation sites (tertiary alicyclic amines) is 1. The Balaban J connectivity index is 0.0000148. The molecule has 0 saturated carbocycles. The van der Waals surface area contributed by atoms with Crippen LogP contribution in [0.3, 0.4) is 0 Å². The predicted molar refractivity (Wildman–Crippen MR) is 276 cm³/mol. The molecule has 418 valence electrons. The second-order valence-corrected chi connectivity index (χ2v) is 21.2. The number of imide groups is 1. The van der Waals surface area contributed by atoms with Crippen LogP contribution in [-0.2, 0) is 56.1 Å². The Bertz CT molecular complexity index is 2190. The number of thioether (sulfide) groups is 2. The van der Waals surface area contributed by atoms with Crippen molar-refractivity contribution in [3.63, 3.8) is 0 Å². The summed E-state index contributed by atoms with van der Waals surface area (Å²) in [5.41, 5.74) is 2.32. The zero-order valence-corrected chi connectivity index (χ0v) is 46.6. The second-order valence-electron chi connectivity index (χ2n) is 18.9. The molecule has 2 fully saturated rings. The molecule has 1 aromatic carbocycles. The molecular weight excluding hydrogens is 1160 g/mol. The average molecular weight is 1230 g/mol. The number of rotatable bonds is 29. The summed E-state index contributed by atoms with van der Waals surface area (Å²) >= 11 is 2.87. The summed E-state index contributed by atoms with van der Waals surface area (Å²) < 4.78 is 0. The Labute approximate surface area is 477 Å². The van der Waals surface area contributed by atoms with Gasteiger partial charge in [0.05, 0.1) is 37.3 Å². The van der Waals surface area contributed by atoms with Gasteiger partial charge in [-0.25, -0.2) is 4.79 Å². The van der Waals surface area contributed by atoms with E-state index < -0.39 is 64.9 Å². The second kappa shape index (κ2) is 33.9. The SMILES string of the molecule is CSCC[C@H](NC(=O)c1cccc2c1CCN(C(=O)CN1CCN(CC(=O)O)CCNC(CC(=O)O)CN(CC(=O)O)CC1)C2)C(=O)CCC(=O)N[C@@H](CCCCN1C(=O)CC(SCCCC(C)=N)C1=O)C(=O)O.[Gd]. The molecule has 8 N–H and O–H groups in total. The van der Waals surface area contributed by atoms with Gasteiger partial charge in [-0.1, -0.05) is 12.1 Å². The van der Waals surface area contributed by atoms with E-state index in [1.54, 1.807) is 33.8 Å². The number of carbonyl (C=O) groups excluding carboxylic acids is 6. The summed E-state index contributed by atoms with van der Waals surface area (Å²) in [4.78, 5) is 135. The van der Waals surface area contributed by atoms with E-state index in [-0.39, 0.29) is 175 Å². The fourth-order valence-electron chi connectivity index (χ4n) is 9.12. The molecule has 75 heavy (non-hydrogen) atoms. The first-order valence-corrected chi connectivity index (χ1v) is 27.5. The van der Waals surface area contributed by atoms with Crippen LogP contribution < -0.4 is 16.0 Å². The maximum Gasteiger partial charge on any atom is 0.326 e. The van der Waals surface area contributed by atoms with E-state index in [9.17, 15) is 68.4 Å². The molecule has 0 spiro atoms. The van der Waals surface area contributed by atoms with Crippen LogP contribution in [0.5, 0.6) is 0 Å². The van der Waals surface area contributed by atoms with Gasteiger partial charge in [-0.3, -0.25) is 62.8 Å². The molecule has 1 aromatic rings. The van der Waals surface area contributed by atoms with Crippen molar-refractivity contribution in [1.29, 1.82) is 5.41 Å². The summed E-state index contributed by atoms with van der Waals surface area (Å²) in [7, 11) is 0. The van der Waals surface area contributed by atoms with Crippen molar-refractivity contribution >= 4 is 88.4 Å². The van der Waals surface area contributed by atoms with Gasteiger partial charge >= 0.3 is 23.9 Å². The van der Waals surface area contributed by atoms with Crippen LogP contribution in [-0.4, -0.2) is 230 Å². The third-order valence-electron chi connectivity index (χ3n) is 13.0. The van der Waals surface area contributed by atoms with Crippen molar-refractivity contribution in [3.05, 3.63) is 34.9 Å². The van der Waals surface area contributed by atoms with Crippen molar-refractivity contribution in [3.8, 4) is 0 Å². The summed E-state index contributed by atoms with van der Waals surface area (Å²) in [6, 6.07) is 2.32. The Morgan fingerprint density at radius 1 is 0.787 bits per heavy atom. The van der Waals surface area contributed by atoms with Crippen LogP contribution in [0.25, 0.3) is 0 Å².